The van der Waals surface area contributed by atoms with Gasteiger partial charge in [0.2, 0.25) is 5.91 Å². The molecule has 0 bridgehead atoms. The van der Waals surface area contributed by atoms with Gasteiger partial charge in [-0.05, 0) is 30.3 Å². The van der Waals surface area contributed by atoms with Gasteiger partial charge in [-0.25, -0.2) is 0 Å². The average Bonchev–Trinajstić information content (AvgIpc) is 2.63. The van der Waals surface area contributed by atoms with Crippen molar-refractivity contribution in [2.75, 3.05) is 16.8 Å². The number of rotatable bonds is 5. The van der Waals surface area contributed by atoms with Gasteiger partial charge in [0.1, 0.15) is 0 Å². The summed E-state index contributed by atoms with van der Waals surface area (Å²) in [5.74, 6) is -0.170. The van der Waals surface area contributed by atoms with Crippen LogP contribution in [0.25, 0.3) is 11.3 Å². The number of nitrogens with two attached hydrogens (primary N) is 1. The zero-order valence-electron chi connectivity index (χ0n) is 13.4. The molecule has 3 rings (SSSR count). The van der Waals surface area contributed by atoms with Crippen molar-refractivity contribution >= 4 is 40.6 Å². The number of carbonyl (C=O) groups is 1. The molecule has 0 unspecified atom stereocenters. The second-order valence-corrected chi connectivity index (χ2v) is 6.64. The van der Waals surface area contributed by atoms with Crippen LogP contribution >= 0.6 is 23.4 Å². The van der Waals surface area contributed by atoms with E-state index in [2.05, 4.69) is 20.5 Å². The molecule has 3 aromatic rings. The Labute approximate surface area is 158 Å². The van der Waals surface area contributed by atoms with Gasteiger partial charge in [0.05, 0.1) is 5.75 Å². The lowest BCUT2D eigenvalue weighted by molar-refractivity contribution is -0.113. The molecule has 1 aromatic heterocycles. The third-order valence-electron chi connectivity index (χ3n) is 3.36. The van der Waals surface area contributed by atoms with Gasteiger partial charge in [0.15, 0.2) is 10.9 Å². The highest BCUT2D eigenvalue weighted by atomic mass is 35.5. The van der Waals surface area contributed by atoms with Crippen LogP contribution in [0.4, 0.5) is 11.4 Å². The van der Waals surface area contributed by atoms with Crippen molar-refractivity contribution in [2.45, 2.75) is 5.16 Å². The van der Waals surface area contributed by atoms with Crippen molar-refractivity contribution in [1.29, 1.82) is 0 Å². The van der Waals surface area contributed by atoms with Crippen LogP contribution < -0.4 is 16.6 Å². The van der Waals surface area contributed by atoms with E-state index in [1.807, 2.05) is 0 Å². The molecular formula is C17H14ClN5O2S. The van der Waals surface area contributed by atoms with Gasteiger partial charge < -0.3 is 11.1 Å². The molecule has 0 aliphatic rings. The van der Waals surface area contributed by atoms with E-state index in [1.165, 1.54) is 0 Å². The summed E-state index contributed by atoms with van der Waals surface area (Å²) < 4.78 is 0. The van der Waals surface area contributed by atoms with E-state index in [4.69, 9.17) is 17.3 Å². The predicted molar refractivity (Wildman–Crippen MR) is 103 cm³/mol. The summed E-state index contributed by atoms with van der Waals surface area (Å²) in [6.45, 7) is 0. The third kappa shape index (κ3) is 4.41. The van der Waals surface area contributed by atoms with Crippen LogP contribution in [0, 0.1) is 0 Å². The van der Waals surface area contributed by atoms with Gasteiger partial charge in [-0.1, -0.05) is 41.6 Å². The second kappa shape index (κ2) is 8.03. The van der Waals surface area contributed by atoms with Crippen molar-refractivity contribution in [3.63, 3.8) is 0 Å². The van der Waals surface area contributed by atoms with Crippen LogP contribution in [0.1, 0.15) is 0 Å². The lowest BCUT2D eigenvalue weighted by Gasteiger charge is -2.06. The van der Waals surface area contributed by atoms with Gasteiger partial charge in [-0.15, -0.1) is 10.2 Å². The number of thioether (sulfide) groups is 1. The molecule has 0 aliphatic heterocycles. The Morgan fingerprint density at radius 1 is 1.15 bits per heavy atom. The van der Waals surface area contributed by atoms with E-state index in [9.17, 15) is 9.59 Å². The number of carbonyl (C=O) groups excluding carboxylic acids is 1. The number of benzene rings is 2. The number of para-hydroxylation sites is 1. The number of nitrogens with zero attached hydrogens (tertiary/aromatic N) is 2. The number of amides is 1. The topological polar surface area (TPSA) is 114 Å². The van der Waals surface area contributed by atoms with Crippen molar-refractivity contribution in [1.82, 2.24) is 15.2 Å². The van der Waals surface area contributed by atoms with Crippen LogP contribution in [0.15, 0.2) is 58.5 Å². The van der Waals surface area contributed by atoms with Crippen LogP contribution in [-0.2, 0) is 4.79 Å². The highest BCUT2D eigenvalue weighted by molar-refractivity contribution is 7.99. The van der Waals surface area contributed by atoms with E-state index in [1.54, 1.807) is 48.5 Å². The molecule has 7 nitrogen and oxygen atoms in total. The Hall–Kier alpha value is -2.84. The molecule has 26 heavy (non-hydrogen) atoms. The minimum absolute atomic E-state index is 0.0695. The number of H-pyrrole nitrogens is 1. The fourth-order valence-corrected chi connectivity index (χ4v) is 2.87. The lowest BCUT2D eigenvalue weighted by atomic mass is 10.1. The summed E-state index contributed by atoms with van der Waals surface area (Å²) in [6.07, 6.45) is 0. The monoisotopic (exact) mass is 387 g/mol. The molecule has 132 valence electrons. The zero-order valence-corrected chi connectivity index (χ0v) is 15.0. The van der Waals surface area contributed by atoms with Gasteiger partial charge in [-0.2, -0.15) is 0 Å². The number of anilines is 2. The zero-order chi connectivity index (χ0) is 18.5. The van der Waals surface area contributed by atoms with Crippen LogP contribution in [-0.4, -0.2) is 26.8 Å². The Morgan fingerprint density at radius 2 is 1.88 bits per heavy atom. The number of nitrogens with one attached hydrogen (secondary N) is 2. The summed E-state index contributed by atoms with van der Waals surface area (Å²) in [4.78, 5) is 26.8. The Kier molecular flexibility index (Phi) is 5.55. The fourth-order valence-electron chi connectivity index (χ4n) is 2.14. The Bertz CT molecular complexity index is 991. The summed E-state index contributed by atoms with van der Waals surface area (Å²) in [6, 6.07) is 13.7. The smallest absolute Gasteiger partial charge is 0.278 e. The van der Waals surface area contributed by atoms with E-state index in [0.29, 0.717) is 22.0 Å². The fraction of sp³-hybridized carbons (Fsp3) is 0.0588. The number of aromatic nitrogens is 3. The van der Waals surface area contributed by atoms with E-state index in [0.717, 1.165) is 11.8 Å². The van der Waals surface area contributed by atoms with Gasteiger partial charge >= 0.3 is 0 Å². The number of halogens is 1. The molecule has 2 aromatic carbocycles. The molecule has 0 atom stereocenters. The molecule has 4 N–H and O–H groups in total. The summed E-state index contributed by atoms with van der Waals surface area (Å²) in [5.41, 5.74) is 7.16. The quantitative estimate of drug-likeness (QED) is 0.458. The SMILES string of the molecule is Nc1ccccc1-c1nnc(SCC(=O)Nc2ccc(Cl)cc2)[nH]c1=O. The number of aromatic amines is 1. The first-order valence-electron chi connectivity index (χ1n) is 7.53. The van der Waals surface area contributed by atoms with Crippen LogP contribution in [0.3, 0.4) is 0 Å². The molecule has 0 saturated heterocycles. The first kappa shape index (κ1) is 18.0. The summed E-state index contributed by atoms with van der Waals surface area (Å²) >= 11 is 6.87. The van der Waals surface area contributed by atoms with Crippen molar-refractivity contribution < 1.29 is 4.79 Å². The maximum absolute atomic E-state index is 12.2. The maximum atomic E-state index is 12.2. The number of hydrogen-bond acceptors (Lipinski definition) is 6. The average molecular weight is 388 g/mol. The standard InChI is InChI=1S/C17H14ClN5O2S/c18-10-5-7-11(8-6-10)20-14(24)9-26-17-21-16(25)15(22-23-17)12-3-1-2-4-13(12)19/h1-8H,9,19H2,(H,20,24)(H,21,23,25). The van der Waals surface area contributed by atoms with Gasteiger partial charge in [0, 0.05) is 22.0 Å². The van der Waals surface area contributed by atoms with Crippen molar-refractivity contribution in [3.8, 4) is 11.3 Å². The maximum Gasteiger partial charge on any atom is 0.278 e. The molecule has 0 aliphatic carbocycles. The summed E-state index contributed by atoms with van der Waals surface area (Å²) in [7, 11) is 0. The first-order chi connectivity index (χ1) is 12.5. The molecule has 0 fully saturated rings. The minimum Gasteiger partial charge on any atom is -0.398 e. The number of nitrogen functional groups attached to an aromatic ring is 1. The van der Waals surface area contributed by atoms with Crippen molar-refractivity contribution in [3.05, 3.63) is 63.9 Å². The van der Waals surface area contributed by atoms with Gasteiger partial charge in [-0.3, -0.25) is 14.6 Å². The Morgan fingerprint density at radius 3 is 2.58 bits per heavy atom. The minimum atomic E-state index is -0.418. The number of hydrogen-bond donors (Lipinski definition) is 3. The largest absolute Gasteiger partial charge is 0.398 e. The second-order valence-electron chi connectivity index (χ2n) is 5.24. The molecule has 1 amide bonds. The molecule has 0 spiro atoms. The third-order valence-corrected chi connectivity index (χ3v) is 4.48. The first-order valence-corrected chi connectivity index (χ1v) is 8.89. The van der Waals surface area contributed by atoms with Gasteiger partial charge in [0.25, 0.3) is 5.56 Å². The van der Waals surface area contributed by atoms with Crippen LogP contribution in [0.5, 0.6) is 0 Å². The highest BCUT2D eigenvalue weighted by Gasteiger charge is 2.11. The molecule has 9 heteroatoms. The van der Waals surface area contributed by atoms with E-state index < -0.39 is 5.56 Å². The normalized spacial score (nSPS) is 10.5. The molecule has 1 heterocycles. The lowest BCUT2D eigenvalue weighted by Crippen LogP contribution is -2.17. The summed E-state index contributed by atoms with van der Waals surface area (Å²) in [5, 5.41) is 11.5. The molecular weight excluding hydrogens is 374 g/mol. The molecule has 0 radical (unpaired) electrons. The van der Waals surface area contributed by atoms with Crippen LogP contribution in [0.2, 0.25) is 5.02 Å². The molecule has 0 saturated carbocycles. The van der Waals surface area contributed by atoms with E-state index in [-0.39, 0.29) is 22.5 Å². The van der Waals surface area contributed by atoms with Crippen molar-refractivity contribution in [2.24, 2.45) is 0 Å². The predicted octanol–water partition coefficient (Wildman–Crippen LogP) is 2.80. The highest BCUT2D eigenvalue weighted by Crippen LogP contribution is 2.21. The van der Waals surface area contributed by atoms with E-state index >= 15 is 0 Å². The Balaban J connectivity index is 1.65.